The number of anilines is 1. The highest BCUT2D eigenvalue weighted by atomic mass is 32.1. The van der Waals surface area contributed by atoms with Crippen LogP contribution in [0.25, 0.3) is 4.96 Å². The lowest BCUT2D eigenvalue weighted by atomic mass is 10.2. The fraction of sp³-hybridized carbons (Fsp3) is 0.118. The van der Waals surface area contributed by atoms with Gasteiger partial charge < -0.3 is 10.6 Å². The molecule has 4 aromatic rings. The molecule has 3 heterocycles. The Morgan fingerprint density at radius 3 is 2.84 bits per heavy atom. The molecule has 0 unspecified atom stereocenters. The number of imidazole rings is 1. The molecule has 3 aromatic heterocycles. The second kappa shape index (κ2) is 6.78. The third kappa shape index (κ3) is 3.69. The molecule has 0 aliphatic carbocycles. The summed E-state index contributed by atoms with van der Waals surface area (Å²) < 4.78 is 3.79. The normalized spacial score (nSPS) is 10.9. The first-order valence-electron chi connectivity index (χ1n) is 7.78. The van der Waals surface area contributed by atoms with Crippen molar-refractivity contribution in [2.24, 2.45) is 0 Å². The van der Waals surface area contributed by atoms with E-state index in [0.29, 0.717) is 13.1 Å². The molecule has 2 amide bonds. The third-order valence-corrected chi connectivity index (χ3v) is 4.46. The maximum Gasteiger partial charge on any atom is 0.319 e. The van der Waals surface area contributed by atoms with Crippen molar-refractivity contribution >= 4 is 28.0 Å². The Balaban J connectivity index is 1.30. The molecule has 0 saturated carbocycles. The molecule has 7 nitrogen and oxygen atoms in total. The summed E-state index contributed by atoms with van der Waals surface area (Å²) in [4.78, 5) is 17.4. The molecule has 0 aliphatic heterocycles. The van der Waals surface area contributed by atoms with Crippen LogP contribution in [0.3, 0.4) is 0 Å². The van der Waals surface area contributed by atoms with Crippen molar-refractivity contribution in [3.63, 3.8) is 0 Å². The lowest BCUT2D eigenvalue weighted by Gasteiger charge is -2.08. The second-order valence-corrected chi connectivity index (χ2v) is 6.41. The van der Waals surface area contributed by atoms with Crippen molar-refractivity contribution in [2.75, 3.05) is 5.32 Å². The minimum Gasteiger partial charge on any atom is -0.332 e. The molecule has 2 N–H and O–H groups in total. The predicted molar refractivity (Wildman–Crippen MR) is 96.7 cm³/mol. The molecule has 126 valence electrons. The molecule has 4 rings (SSSR count). The van der Waals surface area contributed by atoms with Crippen molar-refractivity contribution in [3.8, 4) is 0 Å². The lowest BCUT2D eigenvalue weighted by molar-refractivity contribution is 0.251. The summed E-state index contributed by atoms with van der Waals surface area (Å²) in [5, 5.41) is 11.8. The van der Waals surface area contributed by atoms with Gasteiger partial charge in [-0.05, 0) is 23.8 Å². The average Bonchev–Trinajstić information content (AvgIpc) is 3.32. The summed E-state index contributed by atoms with van der Waals surface area (Å²) in [6.07, 6.45) is 7.53. The summed E-state index contributed by atoms with van der Waals surface area (Å²) in [7, 11) is 0. The van der Waals surface area contributed by atoms with E-state index in [2.05, 4.69) is 20.7 Å². The van der Waals surface area contributed by atoms with E-state index >= 15 is 0 Å². The predicted octanol–water partition coefficient (Wildman–Crippen LogP) is 2.96. The van der Waals surface area contributed by atoms with Gasteiger partial charge in [0, 0.05) is 35.9 Å². The van der Waals surface area contributed by atoms with Crippen molar-refractivity contribution in [2.45, 2.75) is 13.1 Å². The number of carbonyl (C=O) groups is 1. The second-order valence-electron chi connectivity index (χ2n) is 5.53. The highest BCUT2D eigenvalue weighted by Crippen LogP contribution is 2.12. The first kappa shape index (κ1) is 15.4. The number of carbonyl (C=O) groups excluding carboxylic acids is 1. The van der Waals surface area contributed by atoms with Crippen LogP contribution in [0.4, 0.5) is 10.5 Å². The Morgan fingerprint density at radius 2 is 2.08 bits per heavy atom. The van der Waals surface area contributed by atoms with Gasteiger partial charge in [0.15, 0.2) is 4.96 Å². The minimum absolute atomic E-state index is 0.254. The van der Waals surface area contributed by atoms with Crippen LogP contribution in [0.5, 0.6) is 0 Å². The van der Waals surface area contributed by atoms with Gasteiger partial charge in [0.05, 0.1) is 18.8 Å². The molecule has 25 heavy (non-hydrogen) atoms. The zero-order valence-electron chi connectivity index (χ0n) is 13.3. The molecule has 8 heteroatoms. The van der Waals surface area contributed by atoms with E-state index in [0.717, 1.165) is 21.9 Å². The van der Waals surface area contributed by atoms with Crippen LogP contribution >= 0.6 is 11.3 Å². The number of urea groups is 1. The standard InChI is InChI=1S/C17H16N6OS/c24-16(18-10-15-12-22-8-9-25-17(22)21-15)20-14-4-2-13(3-5-14)11-23-7-1-6-19-23/h1-9,12H,10-11H2,(H2,18,20,24). The number of hydrogen-bond donors (Lipinski definition) is 2. The van der Waals surface area contributed by atoms with Gasteiger partial charge in [0.25, 0.3) is 0 Å². The van der Waals surface area contributed by atoms with E-state index < -0.39 is 0 Å². The number of aromatic nitrogens is 4. The van der Waals surface area contributed by atoms with Gasteiger partial charge in [-0.3, -0.25) is 9.08 Å². The van der Waals surface area contributed by atoms with Gasteiger partial charge >= 0.3 is 6.03 Å². The van der Waals surface area contributed by atoms with Crippen molar-refractivity contribution in [1.82, 2.24) is 24.5 Å². The van der Waals surface area contributed by atoms with Gasteiger partial charge in [0.2, 0.25) is 0 Å². The van der Waals surface area contributed by atoms with Crippen LogP contribution < -0.4 is 10.6 Å². The smallest absolute Gasteiger partial charge is 0.319 e. The Hall–Kier alpha value is -3.13. The van der Waals surface area contributed by atoms with Crippen molar-refractivity contribution < 1.29 is 4.79 Å². The van der Waals surface area contributed by atoms with E-state index in [1.807, 2.05) is 63.4 Å². The molecule has 0 spiro atoms. The number of nitrogens with one attached hydrogen (secondary N) is 2. The average molecular weight is 352 g/mol. The maximum atomic E-state index is 12.0. The van der Waals surface area contributed by atoms with Gasteiger partial charge in [-0.2, -0.15) is 5.10 Å². The van der Waals surface area contributed by atoms with E-state index in [9.17, 15) is 4.79 Å². The molecule has 1 aromatic carbocycles. The molecular formula is C17H16N6OS. The Labute approximate surface area is 147 Å². The summed E-state index contributed by atoms with van der Waals surface area (Å²) in [5.74, 6) is 0. The van der Waals surface area contributed by atoms with Crippen LogP contribution in [0.1, 0.15) is 11.3 Å². The first-order valence-corrected chi connectivity index (χ1v) is 8.66. The number of benzene rings is 1. The van der Waals surface area contributed by atoms with Gasteiger partial charge in [-0.15, -0.1) is 11.3 Å². The Morgan fingerprint density at radius 1 is 1.20 bits per heavy atom. The summed E-state index contributed by atoms with van der Waals surface area (Å²) in [5.41, 5.74) is 2.69. The zero-order chi connectivity index (χ0) is 17.1. The van der Waals surface area contributed by atoms with E-state index in [-0.39, 0.29) is 6.03 Å². The fourth-order valence-corrected chi connectivity index (χ4v) is 3.20. The van der Waals surface area contributed by atoms with Crippen molar-refractivity contribution in [3.05, 3.63) is 71.8 Å². The monoisotopic (exact) mass is 352 g/mol. The number of thiazole rings is 1. The van der Waals surface area contributed by atoms with E-state index in [4.69, 9.17) is 0 Å². The van der Waals surface area contributed by atoms with E-state index in [1.54, 1.807) is 17.5 Å². The summed E-state index contributed by atoms with van der Waals surface area (Å²) in [6, 6.07) is 9.35. The van der Waals surface area contributed by atoms with Crippen molar-refractivity contribution in [1.29, 1.82) is 0 Å². The number of fused-ring (bicyclic) bond motifs is 1. The van der Waals surface area contributed by atoms with E-state index in [1.165, 1.54) is 0 Å². The third-order valence-electron chi connectivity index (χ3n) is 3.69. The highest BCUT2D eigenvalue weighted by Gasteiger charge is 2.06. The molecule has 0 saturated heterocycles. The molecule has 0 atom stereocenters. The molecular weight excluding hydrogens is 336 g/mol. The summed E-state index contributed by atoms with van der Waals surface area (Å²) in [6.45, 7) is 1.09. The Kier molecular flexibility index (Phi) is 4.17. The SMILES string of the molecule is O=C(NCc1cn2ccsc2n1)Nc1ccc(Cn2cccn2)cc1. The number of amides is 2. The number of hydrogen-bond acceptors (Lipinski definition) is 4. The van der Waals surface area contributed by atoms with Crippen LogP contribution in [-0.4, -0.2) is 25.2 Å². The topological polar surface area (TPSA) is 76.2 Å². The molecule has 0 aliphatic rings. The van der Waals surface area contributed by atoms with Gasteiger partial charge in [0.1, 0.15) is 0 Å². The number of nitrogens with zero attached hydrogens (tertiary/aromatic N) is 4. The fourth-order valence-electron chi connectivity index (χ4n) is 2.48. The van der Waals surface area contributed by atoms with Gasteiger partial charge in [-0.1, -0.05) is 12.1 Å². The van der Waals surface area contributed by atoms with Crippen LogP contribution in [0.15, 0.2) is 60.5 Å². The lowest BCUT2D eigenvalue weighted by Crippen LogP contribution is -2.28. The maximum absolute atomic E-state index is 12.0. The molecule has 0 bridgehead atoms. The zero-order valence-corrected chi connectivity index (χ0v) is 14.1. The molecule has 0 fully saturated rings. The number of rotatable bonds is 5. The first-order chi connectivity index (χ1) is 12.3. The van der Waals surface area contributed by atoms with Crippen LogP contribution in [0, 0.1) is 0 Å². The van der Waals surface area contributed by atoms with Crippen LogP contribution in [0.2, 0.25) is 0 Å². The van der Waals surface area contributed by atoms with Gasteiger partial charge in [-0.25, -0.2) is 9.78 Å². The minimum atomic E-state index is -0.254. The van der Waals surface area contributed by atoms with Crippen LogP contribution in [-0.2, 0) is 13.1 Å². The largest absolute Gasteiger partial charge is 0.332 e. The quantitative estimate of drug-likeness (QED) is 0.580. The highest BCUT2D eigenvalue weighted by molar-refractivity contribution is 7.15. The molecule has 0 radical (unpaired) electrons. The summed E-state index contributed by atoms with van der Waals surface area (Å²) >= 11 is 1.56. The Bertz CT molecular complexity index is 942.